The van der Waals surface area contributed by atoms with Crippen LogP contribution >= 0.6 is 0 Å². The molecule has 0 aliphatic carbocycles. The number of anilines is 1. The number of aryl methyl sites for hydroxylation is 1. The summed E-state index contributed by atoms with van der Waals surface area (Å²) in [6.45, 7) is 2.36. The van der Waals surface area contributed by atoms with E-state index in [4.69, 9.17) is 0 Å². The number of piperidine rings is 1. The van der Waals surface area contributed by atoms with Gasteiger partial charge in [-0.05, 0) is 30.5 Å². The molecule has 23 heavy (non-hydrogen) atoms. The smallest absolute Gasteiger partial charge is 0.224 e. The molecule has 3 heterocycles. The fourth-order valence-corrected chi connectivity index (χ4v) is 3.12. The molecule has 3 rings (SSSR count). The second kappa shape index (κ2) is 7.26. The molecule has 1 N–H and O–H groups in total. The van der Waals surface area contributed by atoms with Crippen LogP contribution in [0.3, 0.4) is 0 Å². The second-order valence-corrected chi connectivity index (χ2v) is 5.95. The number of aromatic nitrogens is 3. The lowest BCUT2D eigenvalue weighted by Crippen LogP contribution is -2.39. The zero-order valence-electron chi connectivity index (χ0n) is 13.5. The number of pyridine rings is 1. The second-order valence-electron chi connectivity index (χ2n) is 5.95. The molecule has 1 aliphatic heterocycles. The fourth-order valence-electron chi connectivity index (χ4n) is 3.12. The van der Waals surface area contributed by atoms with Crippen molar-refractivity contribution in [2.45, 2.75) is 31.7 Å². The average Bonchev–Trinajstić information content (AvgIpc) is 3.13. The molecule has 0 spiro atoms. The Morgan fingerprint density at radius 3 is 3.13 bits per heavy atom. The van der Waals surface area contributed by atoms with Crippen molar-refractivity contribution in [2.24, 2.45) is 0 Å². The normalized spacial score (nSPS) is 18.0. The van der Waals surface area contributed by atoms with E-state index in [0.717, 1.165) is 31.7 Å². The van der Waals surface area contributed by atoms with Gasteiger partial charge in [-0.3, -0.25) is 4.79 Å². The number of rotatable bonds is 5. The van der Waals surface area contributed by atoms with E-state index in [0.29, 0.717) is 18.9 Å². The summed E-state index contributed by atoms with van der Waals surface area (Å²) in [4.78, 5) is 22.7. The van der Waals surface area contributed by atoms with Crippen LogP contribution in [0.4, 0.5) is 5.82 Å². The van der Waals surface area contributed by atoms with Gasteiger partial charge in [0.05, 0.1) is 6.33 Å². The molecule has 2 aromatic rings. The van der Waals surface area contributed by atoms with Gasteiger partial charge in [-0.1, -0.05) is 0 Å². The number of carbonyl (C=O) groups excluding carboxylic acids is 1. The van der Waals surface area contributed by atoms with Crippen LogP contribution in [0.25, 0.3) is 0 Å². The molecule has 0 unspecified atom stereocenters. The molecular weight excluding hydrogens is 290 g/mol. The molecule has 0 bridgehead atoms. The van der Waals surface area contributed by atoms with E-state index in [2.05, 4.69) is 27.4 Å². The lowest BCUT2D eigenvalue weighted by molar-refractivity contribution is -0.132. The van der Waals surface area contributed by atoms with Crippen molar-refractivity contribution in [2.75, 3.05) is 25.5 Å². The number of likely N-dealkylation sites (tertiary alicyclic amines) is 1. The summed E-state index contributed by atoms with van der Waals surface area (Å²) in [7, 11) is 1.87. The molecule has 6 heteroatoms. The van der Waals surface area contributed by atoms with E-state index in [1.54, 1.807) is 12.5 Å². The Hall–Kier alpha value is -2.37. The summed E-state index contributed by atoms with van der Waals surface area (Å²) in [6, 6.07) is 4.15. The largest absolute Gasteiger partial charge is 0.373 e. The third-order valence-electron chi connectivity index (χ3n) is 4.43. The maximum absolute atomic E-state index is 12.5. The van der Waals surface area contributed by atoms with E-state index in [-0.39, 0.29) is 5.91 Å². The van der Waals surface area contributed by atoms with Crippen LogP contribution < -0.4 is 5.32 Å². The summed E-state index contributed by atoms with van der Waals surface area (Å²) in [5, 5.41) is 3.08. The molecule has 122 valence electrons. The molecule has 6 nitrogen and oxygen atoms in total. The first-order valence-electron chi connectivity index (χ1n) is 8.13. The number of hydrogen-bond donors (Lipinski definition) is 1. The number of imidazole rings is 1. The Morgan fingerprint density at radius 1 is 1.43 bits per heavy atom. The Morgan fingerprint density at radius 2 is 2.35 bits per heavy atom. The summed E-state index contributed by atoms with van der Waals surface area (Å²) < 4.78 is 1.95. The Kier molecular flexibility index (Phi) is 4.90. The van der Waals surface area contributed by atoms with Crippen molar-refractivity contribution >= 4 is 11.7 Å². The number of amides is 1. The van der Waals surface area contributed by atoms with Gasteiger partial charge in [0, 0.05) is 57.6 Å². The van der Waals surface area contributed by atoms with Crippen molar-refractivity contribution in [1.82, 2.24) is 19.4 Å². The van der Waals surface area contributed by atoms with Gasteiger partial charge in [0.2, 0.25) is 5.91 Å². The quantitative estimate of drug-likeness (QED) is 0.918. The lowest BCUT2D eigenvalue weighted by atomic mass is 9.91. The van der Waals surface area contributed by atoms with E-state index in [1.165, 1.54) is 5.56 Å². The van der Waals surface area contributed by atoms with Gasteiger partial charge in [-0.2, -0.15) is 0 Å². The third-order valence-corrected chi connectivity index (χ3v) is 4.43. The first-order chi connectivity index (χ1) is 11.3. The fraction of sp³-hybridized carbons (Fsp3) is 0.471. The van der Waals surface area contributed by atoms with E-state index in [9.17, 15) is 4.79 Å². The molecule has 1 fully saturated rings. The van der Waals surface area contributed by atoms with Crippen molar-refractivity contribution < 1.29 is 4.79 Å². The summed E-state index contributed by atoms with van der Waals surface area (Å²) in [5.74, 6) is 1.51. The molecule has 1 saturated heterocycles. The molecule has 1 atom stereocenters. The molecule has 0 saturated carbocycles. The van der Waals surface area contributed by atoms with Crippen LogP contribution in [0, 0.1) is 0 Å². The van der Waals surface area contributed by atoms with Crippen molar-refractivity contribution in [1.29, 1.82) is 0 Å². The van der Waals surface area contributed by atoms with E-state index in [1.807, 2.05) is 28.9 Å². The van der Waals surface area contributed by atoms with Gasteiger partial charge in [0.1, 0.15) is 5.82 Å². The van der Waals surface area contributed by atoms with Crippen molar-refractivity contribution in [3.63, 3.8) is 0 Å². The number of carbonyl (C=O) groups is 1. The molecule has 2 aromatic heterocycles. The Labute approximate surface area is 136 Å². The molecule has 1 aliphatic rings. The van der Waals surface area contributed by atoms with Gasteiger partial charge in [-0.15, -0.1) is 0 Å². The first-order valence-corrected chi connectivity index (χ1v) is 8.13. The molecule has 0 radical (unpaired) electrons. The van der Waals surface area contributed by atoms with Gasteiger partial charge < -0.3 is 14.8 Å². The summed E-state index contributed by atoms with van der Waals surface area (Å²) >= 11 is 0. The minimum Gasteiger partial charge on any atom is -0.373 e. The van der Waals surface area contributed by atoms with Crippen LogP contribution in [0.15, 0.2) is 37.1 Å². The topological polar surface area (TPSA) is 63.1 Å². The van der Waals surface area contributed by atoms with Crippen LogP contribution in [0.5, 0.6) is 0 Å². The van der Waals surface area contributed by atoms with Crippen molar-refractivity contribution in [3.8, 4) is 0 Å². The first kappa shape index (κ1) is 15.5. The van der Waals surface area contributed by atoms with Crippen LogP contribution in [0.1, 0.15) is 30.7 Å². The van der Waals surface area contributed by atoms with Crippen LogP contribution in [-0.2, 0) is 11.3 Å². The number of nitrogens with one attached hydrogen (secondary N) is 1. The standard InChI is InChI=1S/C17H23N5O/c1-18-16-11-14(4-6-20-16)15-3-2-8-22(12-15)17(23)5-9-21-10-7-19-13-21/h4,6-7,10-11,13,15H,2-3,5,8-9,12H2,1H3,(H,18,20)/t15-/m1/s1. The highest BCUT2D eigenvalue weighted by Crippen LogP contribution is 2.28. The SMILES string of the molecule is CNc1cc([C@@H]2CCCN(C(=O)CCn3ccnc3)C2)ccn1. The zero-order chi connectivity index (χ0) is 16.1. The van der Waals surface area contributed by atoms with Crippen molar-refractivity contribution in [3.05, 3.63) is 42.6 Å². The number of hydrogen-bond acceptors (Lipinski definition) is 4. The predicted octanol–water partition coefficient (Wildman–Crippen LogP) is 2.12. The molecule has 1 amide bonds. The summed E-state index contributed by atoms with van der Waals surface area (Å²) in [6.07, 6.45) is 9.93. The maximum atomic E-state index is 12.5. The van der Waals surface area contributed by atoms with Gasteiger partial charge in [0.25, 0.3) is 0 Å². The lowest BCUT2D eigenvalue weighted by Gasteiger charge is -2.33. The Bertz CT molecular complexity index is 640. The minimum atomic E-state index is 0.228. The van der Waals surface area contributed by atoms with Crippen LogP contribution in [0.2, 0.25) is 0 Å². The Balaban J connectivity index is 1.59. The highest BCUT2D eigenvalue weighted by molar-refractivity contribution is 5.76. The highest BCUT2D eigenvalue weighted by Gasteiger charge is 2.24. The van der Waals surface area contributed by atoms with E-state index >= 15 is 0 Å². The monoisotopic (exact) mass is 313 g/mol. The minimum absolute atomic E-state index is 0.228. The molecule has 0 aromatic carbocycles. The average molecular weight is 313 g/mol. The summed E-state index contributed by atoms with van der Waals surface area (Å²) in [5.41, 5.74) is 1.26. The maximum Gasteiger partial charge on any atom is 0.224 e. The highest BCUT2D eigenvalue weighted by atomic mass is 16.2. The third kappa shape index (κ3) is 3.88. The van der Waals surface area contributed by atoms with Crippen LogP contribution in [-0.4, -0.2) is 45.5 Å². The molecular formula is C17H23N5O. The zero-order valence-corrected chi connectivity index (χ0v) is 13.5. The number of nitrogens with zero attached hydrogens (tertiary/aromatic N) is 4. The predicted molar refractivity (Wildman–Crippen MR) is 89.2 cm³/mol. The van der Waals surface area contributed by atoms with E-state index < -0.39 is 0 Å². The van der Waals surface area contributed by atoms with Gasteiger partial charge in [-0.25, -0.2) is 9.97 Å². The van der Waals surface area contributed by atoms with Gasteiger partial charge >= 0.3 is 0 Å². The van der Waals surface area contributed by atoms with Gasteiger partial charge in [0.15, 0.2) is 0 Å².